The van der Waals surface area contributed by atoms with Crippen molar-refractivity contribution in [3.8, 4) is 0 Å². The second-order valence-corrected chi connectivity index (χ2v) is 6.30. The lowest BCUT2D eigenvalue weighted by molar-refractivity contribution is -0.116. The van der Waals surface area contributed by atoms with Crippen LogP contribution in [-0.4, -0.2) is 21.4 Å². The summed E-state index contributed by atoms with van der Waals surface area (Å²) in [5.74, 6) is -0.548. The zero-order valence-corrected chi connectivity index (χ0v) is 15.4. The first-order chi connectivity index (χ1) is 13.5. The summed E-state index contributed by atoms with van der Waals surface area (Å²) in [6.07, 6.45) is 3.26. The second-order valence-electron chi connectivity index (χ2n) is 6.30. The van der Waals surface area contributed by atoms with Crippen LogP contribution >= 0.6 is 0 Å². The molecule has 0 fully saturated rings. The molecule has 0 aliphatic carbocycles. The van der Waals surface area contributed by atoms with Crippen molar-refractivity contribution in [2.75, 3.05) is 5.32 Å². The van der Waals surface area contributed by atoms with Crippen molar-refractivity contribution in [2.45, 2.75) is 20.0 Å². The van der Waals surface area contributed by atoms with Gasteiger partial charge in [-0.2, -0.15) is 0 Å². The number of carbonyl (C=O) groups is 2. The molecular formula is C21H20N4O3. The zero-order chi connectivity index (χ0) is 19.9. The van der Waals surface area contributed by atoms with Gasteiger partial charge in [0, 0.05) is 29.7 Å². The molecule has 7 heteroatoms. The molecule has 2 aromatic heterocycles. The SMILES string of the molecule is Cc1ccn(CC(=O)Nc2ccc(C(=O)NCc3ccccn3)cc2)c(=O)c1. The molecule has 0 saturated heterocycles. The van der Waals surface area contributed by atoms with Crippen LogP contribution in [0.25, 0.3) is 0 Å². The molecule has 0 atom stereocenters. The molecule has 3 aromatic rings. The highest BCUT2D eigenvalue weighted by Gasteiger charge is 2.08. The van der Waals surface area contributed by atoms with Crippen LogP contribution in [0.1, 0.15) is 21.6 Å². The number of hydrogen-bond acceptors (Lipinski definition) is 4. The first-order valence-electron chi connectivity index (χ1n) is 8.76. The van der Waals surface area contributed by atoms with E-state index in [0.29, 0.717) is 17.8 Å². The predicted octanol–water partition coefficient (Wildman–Crippen LogP) is 2.12. The van der Waals surface area contributed by atoms with Gasteiger partial charge in [0.05, 0.1) is 12.2 Å². The van der Waals surface area contributed by atoms with Crippen molar-refractivity contribution in [3.05, 3.63) is 94.2 Å². The van der Waals surface area contributed by atoms with E-state index in [2.05, 4.69) is 15.6 Å². The van der Waals surface area contributed by atoms with Crippen LogP contribution in [0.15, 0.2) is 71.8 Å². The summed E-state index contributed by atoms with van der Waals surface area (Å²) in [5.41, 5.74) is 2.41. The molecule has 7 nitrogen and oxygen atoms in total. The van der Waals surface area contributed by atoms with E-state index in [4.69, 9.17) is 0 Å². The lowest BCUT2D eigenvalue weighted by Crippen LogP contribution is -2.27. The van der Waals surface area contributed by atoms with Crippen LogP contribution in [0.2, 0.25) is 0 Å². The molecule has 2 amide bonds. The summed E-state index contributed by atoms with van der Waals surface area (Å²) in [6.45, 7) is 2.08. The summed E-state index contributed by atoms with van der Waals surface area (Å²) < 4.78 is 1.34. The average molecular weight is 376 g/mol. The van der Waals surface area contributed by atoms with Crippen LogP contribution in [0, 0.1) is 6.92 Å². The minimum absolute atomic E-state index is 0.0779. The molecule has 1 aromatic carbocycles. The van der Waals surface area contributed by atoms with E-state index in [0.717, 1.165) is 11.3 Å². The third kappa shape index (κ3) is 5.14. The Morgan fingerprint density at radius 2 is 1.86 bits per heavy atom. The van der Waals surface area contributed by atoms with Gasteiger partial charge in [-0.3, -0.25) is 19.4 Å². The normalized spacial score (nSPS) is 10.3. The van der Waals surface area contributed by atoms with Crippen molar-refractivity contribution in [2.24, 2.45) is 0 Å². The Hall–Kier alpha value is -3.74. The minimum Gasteiger partial charge on any atom is -0.346 e. The Morgan fingerprint density at radius 1 is 1.07 bits per heavy atom. The lowest BCUT2D eigenvalue weighted by Gasteiger charge is -2.09. The maximum atomic E-state index is 12.2. The second kappa shape index (κ2) is 8.77. The van der Waals surface area contributed by atoms with Gasteiger partial charge in [0.25, 0.3) is 11.5 Å². The maximum absolute atomic E-state index is 12.2. The summed E-state index contributed by atoms with van der Waals surface area (Å²) >= 11 is 0. The maximum Gasteiger partial charge on any atom is 0.251 e. The van der Waals surface area contributed by atoms with Gasteiger partial charge in [-0.05, 0) is 55.0 Å². The van der Waals surface area contributed by atoms with E-state index in [1.165, 1.54) is 10.6 Å². The monoisotopic (exact) mass is 376 g/mol. The van der Waals surface area contributed by atoms with Gasteiger partial charge in [0.1, 0.15) is 6.54 Å². The molecule has 0 saturated carbocycles. The van der Waals surface area contributed by atoms with Crippen LogP contribution in [-0.2, 0) is 17.9 Å². The Bertz CT molecular complexity index is 1030. The highest BCUT2D eigenvalue weighted by atomic mass is 16.2. The largest absolute Gasteiger partial charge is 0.346 e. The molecule has 28 heavy (non-hydrogen) atoms. The lowest BCUT2D eigenvalue weighted by atomic mass is 10.2. The van der Waals surface area contributed by atoms with E-state index in [-0.39, 0.29) is 23.9 Å². The molecular weight excluding hydrogens is 356 g/mol. The van der Waals surface area contributed by atoms with Gasteiger partial charge >= 0.3 is 0 Å². The highest BCUT2D eigenvalue weighted by molar-refractivity contribution is 5.95. The Labute approximate surface area is 162 Å². The molecule has 0 unspecified atom stereocenters. The predicted molar refractivity (Wildman–Crippen MR) is 106 cm³/mol. The fourth-order valence-corrected chi connectivity index (χ4v) is 2.57. The van der Waals surface area contributed by atoms with Crippen molar-refractivity contribution in [1.29, 1.82) is 0 Å². The summed E-state index contributed by atoms with van der Waals surface area (Å²) in [7, 11) is 0. The Kier molecular flexibility index (Phi) is 5.96. The summed E-state index contributed by atoms with van der Waals surface area (Å²) in [6, 6.07) is 15.3. The first-order valence-corrected chi connectivity index (χ1v) is 8.76. The van der Waals surface area contributed by atoms with Gasteiger partial charge < -0.3 is 15.2 Å². The van der Waals surface area contributed by atoms with E-state index in [1.54, 1.807) is 42.7 Å². The molecule has 0 radical (unpaired) electrons. The number of amides is 2. The number of benzene rings is 1. The third-order valence-corrected chi connectivity index (χ3v) is 4.05. The van der Waals surface area contributed by atoms with E-state index < -0.39 is 0 Å². The van der Waals surface area contributed by atoms with E-state index in [9.17, 15) is 14.4 Å². The first kappa shape index (κ1) is 19.0. The molecule has 142 valence electrons. The van der Waals surface area contributed by atoms with Crippen molar-refractivity contribution in [1.82, 2.24) is 14.9 Å². The van der Waals surface area contributed by atoms with Crippen LogP contribution in [0.3, 0.4) is 0 Å². The Morgan fingerprint density at radius 3 is 2.54 bits per heavy atom. The minimum atomic E-state index is -0.321. The molecule has 0 bridgehead atoms. The molecule has 2 heterocycles. The quantitative estimate of drug-likeness (QED) is 0.689. The van der Waals surface area contributed by atoms with E-state index >= 15 is 0 Å². The number of hydrogen-bond donors (Lipinski definition) is 2. The number of nitrogens with one attached hydrogen (secondary N) is 2. The number of nitrogens with zero attached hydrogens (tertiary/aromatic N) is 2. The van der Waals surface area contributed by atoms with Crippen LogP contribution < -0.4 is 16.2 Å². The topological polar surface area (TPSA) is 93.1 Å². The van der Waals surface area contributed by atoms with Crippen molar-refractivity contribution >= 4 is 17.5 Å². The molecule has 0 spiro atoms. The number of aryl methyl sites for hydroxylation is 1. The van der Waals surface area contributed by atoms with Crippen molar-refractivity contribution in [3.63, 3.8) is 0 Å². The number of carbonyl (C=O) groups excluding carboxylic acids is 2. The third-order valence-electron chi connectivity index (χ3n) is 4.05. The van der Waals surface area contributed by atoms with Crippen LogP contribution in [0.4, 0.5) is 5.69 Å². The summed E-state index contributed by atoms with van der Waals surface area (Å²) in [5, 5.41) is 5.51. The van der Waals surface area contributed by atoms with Gasteiger partial charge in [-0.1, -0.05) is 6.07 Å². The summed E-state index contributed by atoms with van der Waals surface area (Å²) in [4.78, 5) is 40.3. The fourth-order valence-electron chi connectivity index (χ4n) is 2.57. The smallest absolute Gasteiger partial charge is 0.251 e. The number of aromatic nitrogens is 2. The molecule has 3 rings (SSSR count). The zero-order valence-electron chi connectivity index (χ0n) is 15.4. The van der Waals surface area contributed by atoms with Gasteiger partial charge in [0.2, 0.25) is 5.91 Å². The fraction of sp³-hybridized carbons (Fsp3) is 0.143. The molecule has 0 aliphatic heterocycles. The highest BCUT2D eigenvalue weighted by Crippen LogP contribution is 2.10. The number of rotatable bonds is 6. The van der Waals surface area contributed by atoms with Gasteiger partial charge in [0.15, 0.2) is 0 Å². The molecule has 2 N–H and O–H groups in total. The van der Waals surface area contributed by atoms with Gasteiger partial charge in [-0.15, -0.1) is 0 Å². The van der Waals surface area contributed by atoms with Crippen molar-refractivity contribution < 1.29 is 9.59 Å². The number of anilines is 1. The Balaban J connectivity index is 1.55. The average Bonchev–Trinajstić information content (AvgIpc) is 2.69. The molecule has 0 aliphatic rings. The van der Waals surface area contributed by atoms with Crippen LogP contribution in [0.5, 0.6) is 0 Å². The van der Waals surface area contributed by atoms with E-state index in [1.807, 2.05) is 25.1 Å². The standard InChI is InChI=1S/C21H20N4O3/c1-15-9-11-25(20(27)12-15)14-19(26)24-17-7-5-16(6-8-17)21(28)23-13-18-4-2-3-10-22-18/h2-12H,13-14H2,1H3,(H,23,28)(H,24,26). The van der Waals surface area contributed by atoms with Gasteiger partial charge in [-0.25, -0.2) is 0 Å². The number of pyridine rings is 2.